The zero-order valence-corrected chi connectivity index (χ0v) is 23.1. The molecule has 1 unspecified atom stereocenters. The molecule has 1 saturated carbocycles. The quantitative estimate of drug-likeness (QED) is 0.558. The molecule has 0 spiro atoms. The predicted octanol–water partition coefficient (Wildman–Crippen LogP) is 4.44. The molecule has 2 aliphatic rings. The maximum Gasteiger partial charge on any atom is 0.391 e. The summed E-state index contributed by atoms with van der Waals surface area (Å²) in [5, 5.41) is 12.3. The van der Waals surface area contributed by atoms with Crippen molar-refractivity contribution >= 4 is 15.7 Å². The van der Waals surface area contributed by atoms with E-state index in [-0.39, 0.29) is 17.4 Å². The van der Waals surface area contributed by atoms with E-state index in [2.05, 4.69) is 20.2 Å². The van der Waals surface area contributed by atoms with Crippen LogP contribution in [0.1, 0.15) is 79.3 Å². The molecule has 0 bridgehead atoms. The van der Waals surface area contributed by atoms with Crippen LogP contribution in [0.2, 0.25) is 0 Å². The van der Waals surface area contributed by atoms with Crippen molar-refractivity contribution in [3.05, 3.63) is 53.1 Å². The minimum atomic E-state index is -3.93. The second-order valence-electron chi connectivity index (χ2n) is 9.28. The second-order valence-corrected chi connectivity index (χ2v) is 11.3. The maximum atomic E-state index is 12.5. The third kappa shape index (κ3) is 9.02. The Bertz CT molecular complexity index is 1150. The molecule has 1 aliphatic carbocycles. The van der Waals surface area contributed by atoms with Crippen LogP contribution in [-0.4, -0.2) is 60.4 Å². The molecule has 3 heterocycles. The second kappa shape index (κ2) is 14.0. The number of fused-ring (bicyclic) bond motifs is 1. The first-order valence-electron chi connectivity index (χ1n) is 12.7. The fraction of sp³-hybridized carbons (Fsp3) is 0.577. The van der Waals surface area contributed by atoms with E-state index >= 15 is 0 Å². The van der Waals surface area contributed by atoms with Crippen LogP contribution >= 0.6 is 0 Å². The summed E-state index contributed by atoms with van der Waals surface area (Å²) in [6.45, 7) is 5.13. The van der Waals surface area contributed by atoms with Crippen LogP contribution in [0.3, 0.4) is 0 Å². The van der Waals surface area contributed by atoms with Gasteiger partial charge in [0.25, 0.3) is 5.91 Å². The first-order chi connectivity index (χ1) is 17.9. The van der Waals surface area contributed by atoms with Crippen LogP contribution in [0.5, 0.6) is 0 Å². The summed E-state index contributed by atoms with van der Waals surface area (Å²) in [6, 6.07) is 3.94. The molecule has 1 amide bonds. The molecule has 12 heteroatoms. The van der Waals surface area contributed by atoms with E-state index < -0.39 is 28.0 Å². The maximum absolute atomic E-state index is 12.5. The molecule has 2 aromatic heterocycles. The van der Waals surface area contributed by atoms with Crippen LogP contribution in [-0.2, 0) is 22.9 Å². The number of amides is 1. The Labute approximate surface area is 222 Å². The summed E-state index contributed by atoms with van der Waals surface area (Å²) in [5.74, 6) is -1.37. The number of alkyl halides is 3. The Morgan fingerprint density at radius 2 is 1.79 bits per heavy atom. The third-order valence-electron chi connectivity index (χ3n) is 6.28. The summed E-state index contributed by atoms with van der Waals surface area (Å²) < 4.78 is 58.8. The van der Waals surface area contributed by atoms with Crippen LogP contribution in [0, 0.1) is 5.92 Å². The van der Waals surface area contributed by atoms with E-state index in [0.717, 1.165) is 49.9 Å². The van der Waals surface area contributed by atoms with Gasteiger partial charge in [0, 0.05) is 31.7 Å². The van der Waals surface area contributed by atoms with Crippen LogP contribution < -0.4 is 5.32 Å². The Morgan fingerprint density at radius 1 is 1.13 bits per heavy atom. The van der Waals surface area contributed by atoms with Gasteiger partial charge >= 0.3 is 6.18 Å². The molecule has 0 saturated heterocycles. The van der Waals surface area contributed by atoms with E-state index in [4.69, 9.17) is 0 Å². The average Bonchev–Trinajstić information content (AvgIpc) is 3.27. The Kier molecular flexibility index (Phi) is 11.7. The standard InChI is InChI=1S/C17H20N4O4S.C7H11F3.C2H6/c1-21-8-12-5-11(6-18-15(12)9-21)17(23)20-16(10-22)14-4-3-13(7-19-14)26(2,24)25;8-7(9,10)6-4-2-1-3-5-6;1-2/h3-7,16,22H,8-10H2,1-2H3,(H,20,23);6H,1-5H2;1-2H3. The number of carbonyl (C=O) groups excluding carboxylic acids is 1. The zero-order valence-electron chi connectivity index (χ0n) is 22.3. The number of nitrogens with one attached hydrogen (secondary N) is 1. The Balaban J connectivity index is 0.000000353. The lowest BCUT2D eigenvalue weighted by Crippen LogP contribution is -2.31. The molecule has 0 aromatic carbocycles. The van der Waals surface area contributed by atoms with Gasteiger partial charge in [-0.2, -0.15) is 13.2 Å². The molecular weight excluding hydrogens is 521 g/mol. The number of carbonyl (C=O) groups is 1. The van der Waals surface area contributed by atoms with E-state index in [1.807, 2.05) is 20.9 Å². The first-order valence-corrected chi connectivity index (χ1v) is 14.6. The number of aliphatic hydroxyl groups is 1. The Morgan fingerprint density at radius 3 is 2.29 bits per heavy atom. The molecule has 4 rings (SSSR count). The summed E-state index contributed by atoms with van der Waals surface area (Å²) in [5.41, 5.74) is 2.75. The number of nitrogens with zero attached hydrogens (tertiary/aromatic N) is 3. The van der Waals surface area contributed by atoms with Gasteiger partial charge in [0.05, 0.1) is 40.4 Å². The minimum Gasteiger partial charge on any atom is -0.394 e. The molecule has 2 aromatic rings. The van der Waals surface area contributed by atoms with Crippen molar-refractivity contribution in [3.63, 3.8) is 0 Å². The lowest BCUT2D eigenvalue weighted by Gasteiger charge is -2.23. The number of halogens is 3. The molecular formula is C26H37F3N4O4S. The van der Waals surface area contributed by atoms with Crippen molar-refractivity contribution in [2.75, 3.05) is 19.9 Å². The van der Waals surface area contributed by atoms with Crippen molar-refractivity contribution < 1.29 is 31.5 Å². The predicted molar refractivity (Wildman–Crippen MR) is 138 cm³/mol. The van der Waals surface area contributed by atoms with E-state index in [1.54, 1.807) is 6.07 Å². The van der Waals surface area contributed by atoms with Gasteiger partial charge in [0.2, 0.25) is 0 Å². The number of rotatable bonds is 5. The number of hydrogen-bond acceptors (Lipinski definition) is 7. The smallest absolute Gasteiger partial charge is 0.391 e. The van der Waals surface area contributed by atoms with Gasteiger partial charge < -0.3 is 10.4 Å². The largest absolute Gasteiger partial charge is 0.394 e. The summed E-state index contributed by atoms with van der Waals surface area (Å²) in [6.07, 6.45) is 3.08. The first kappa shape index (κ1) is 31.6. The highest BCUT2D eigenvalue weighted by Crippen LogP contribution is 2.37. The number of hydrogen-bond donors (Lipinski definition) is 2. The molecule has 38 heavy (non-hydrogen) atoms. The molecule has 0 radical (unpaired) electrons. The number of aromatic nitrogens is 2. The average molecular weight is 559 g/mol. The lowest BCUT2D eigenvalue weighted by molar-refractivity contribution is -0.181. The molecule has 8 nitrogen and oxygen atoms in total. The fourth-order valence-electron chi connectivity index (χ4n) is 4.25. The number of sulfone groups is 1. The molecule has 2 N–H and O–H groups in total. The Hall–Kier alpha value is -2.57. The van der Waals surface area contributed by atoms with Crippen LogP contribution in [0.25, 0.3) is 0 Å². The highest BCUT2D eigenvalue weighted by molar-refractivity contribution is 7.90. The van der Waals surface area contributed by atoms with Crippen molar-refractivity contribution in [1.29, 1.82) is 0 Å². The fourth-order valence-corrected chi connectivity index (χ4v) is 4.81. The number of aliphatic hydroxyl groups excluding tert-OH is 1. The monoisotopic (exact) mass is 558 g/mol. The minimum absolute atomic E-state index is 0.0798. The van der Waals surface area contributed by atoms with Crippen molar-refractivity contribution in [2.24, 2.45) is 5.92 Å². The third-order valence-corrected chi connectivity index (χ3v) is 7.38. The van der Waals surface area contributed by atoms with Crippen LogP contribution in [0.4, 0.5) is 13.2 Å². The zero-order chi connectivity index (χ0) is 28.5. The number of pyridine rings is 2. The van der Waals surface area contributed by atoms with E-state index in [1.165, 1.54) is 24.5 Å². The SMILES string of the molecule is CC.CN1Cc2cc(C(=O)NC(CO)c3ccc(S(C)(=O)=O)cn3)cnc2C1.FC(F)(F)C1CCCCC1. The van der Waals surface area contributed by atoms with Gasteiger partial charge in [0.15, 0.2) is 9.84 Å². The molecule has 212 valence electrons. The van der Waals surface area contributed by atoms with Gasteiger partial charge in [-0.25, -0.2) is 8.42 Å². The van der Waals surface area contributed by atoms with E-state index in [9.17, 15) is 31.5 Å². The van der Waals surface area contributed by atoms with Gasteiger partial charge in [-0.1, -0.05) is 33.1 Å². The van der Waals surface area contributed by atoms with E-state index in [0.29, 0.717) is 24.1 Å². The topological polar surface area (TPSA) is 112 Å². The highest BCUT2D eigenvalue weighted by Gasteiger charge is 2.39. The van der Waals surface area contributed by atoms with Crippen molar-refractivity contribution in [1.82, 2.24) is 20.2 Å². The van der Waals surface area contributed by atoms with Gasteiger partial charge in [-0.15, -0.1) is 0 Å². The lowest BCUT2D eigenvalue weighted by atomic mass is 9.89. The highest BCUT2D eigenvalue weighted by atomic mass is 32.2. The summed E-state index contributed by atoms with van der Waals surface area (Å²) in [7, 11) is -1.37. The van der Waals surface area contributed by atoms with Crippen molar-refractivity contribution in [2.45, 2.75) is 76.2 Å². The van der Waals surface area contributed by atoms with Gasteiger partial charge in [-0.05, 0) is 43.7 Å². The summed E-state index contributed by atoms with van der Waals surface area (Å²) in [4.78, 5) is 23.1. The molecule has 1 aliphatic heterocycles. The normalized spacial score (nSPS) is 16.8. The van der Waals surface area contributed by atoms with Gasteiger partial charge in [0.1, 0.15) is 0 Å². The van der Waals surface area contributed by atoms with Gasteiger partial charge in [-0.3, -0.25) is 19.7 Å². The molecule has 1 fully saturated rings. The molecule has 1 atom stereocenters. The van der Waals surface area contributed by atoms with Crippen LogP contribution in [0.15, 0.2) is 35.5 Å². The van der Waals surface area contributed by atoms with Crippen molar-refractivity contribution in [3.8, 4) is 0 Å². The summed E-state index contributed by atoms with van der Waals surface area (Å²) >= 11 is 0.